The van der Waals surface area contributed by atoms with Crippen LogP contribution in [-0.4, -0.2) is 178 Å². The van der Waals surface area contributed by atoms with Crippen molar-refractivity contribution >= 4 is 52.7 Å². The summed E-state index contributed by atoms with van der Waals surface area (Å²) in [5.74, 6) is -3.05. The van der Waals surface area contributed by atoms with Crippen LogP contribution >= 0.6 is 34.7 Å². The molecule has 3 fully saturated rings. The van der Waals surface area contributed by atoms with Crippen LogP contribution in [0.1, 0.15) is 106 Å². The second kappa shape index (κ2) is 26.1. The van der Waals surface area contributed by atoms with Crippen LogP contribution in [0.5, 0.6) is 0 Å². The van der Waals surface area contributed by atoms with Crippen LogP contribution in [0.2, 0.25) is 5.02 Å². The number of thiophene rings is 1. The molecule has 2 aromatic carbocycles. The Morgan fingerprint density at radius 1 is 0.949 bits per heavy atom. The summed E-state index contributed by atoms with van der Waals surface area (Å²) in [4.78, 5) is 36.0. The molecule has 0 bridgehead atoms. The SMILES string of the molecule is CC[C@H]1OC(=O)[C@H](C)[C@@H](O[C@H]2C[C@@](C)(OC)[C@@H](O)[C@H](C)O2)[C@H](C)[C@@H](O[C@@H]2O[C@H](C)C[C@H](N(C)CCCNC(=O)C=Cc3cc4c(s3)-c3cc(Cl)ccc3Sc3ccccc3-4)[C@H]2O)[C@](C)(O)C[C@@H](C)CN(C)[C@H](C)[C@@H](O)[C@]1(C)O. The minimum atomic E-state index is -1.85. The molecule has 1 aromatic heterocycles. The Kier molecular flexibility index (Phi) is 20.9. The minimum Gasteiger partial charge on any atom is -0.459 e. The van der Waals surface area contributed by atoms with Gasteiger partial charge < -0.3 is 69.1 Å². The van der Waals surface area contributed by atoms with Gasteiger partial charge in [-0.2, -0.15) is 0 Å². The molecular weight excluding hydrogens is 1060 g/mol. The van der Waals surface area contributed by atoms with Crippen LogP contribution in [0.3, 0.4) is 0 Å². The average molecular weight is 1140 g/mol. The largest absolute Gasteiger partial charge is 0.459 e. The van der Waals surface area contributed by atoms with Crippen molar-refractivity contribution < 1.29 is 63.5 Å². The molecule has 0 unspecified atom stereocenters. The molecule has 4 aliphatic rings. The number of nitrogens with one attached hydrogen (secondary N) is 1. The van der Waals surface area contributed by atoms with E-state index in [1.165, 1.54) is 14.0 Å². The van der Waals surface area contributed by atoms with Crippen LogP contribution in [0.4, 0.5) is 0 Å². The number of esters is 1. The number of carbonyl (C=O) groups is 2. The summed E-state index contributed by atoms with van der Waals surface area (Å²) in [5.41, 5.74) is -1.25. The lowest BCUT2D eigenvalue weighted by atomic mass is 9.77. The first-order chi connectivity index (χ1) is 36.7. The van der Waals surface area contributed by atoms with Gasteiger partial charge in [0.05, 0.1) is 41.5 Å². The van der Waals surface area contributed by atoms with E-state index >= 15 is 0 Å². The van der Waals surface area contributed by atoms with Gasteiger partial charge in [-0.3, -0.25) is 9.59 Å². The summed E-state index contributed by atoms with van der Waals surface area (Å²) in [5, 5.41) is 63.5. The summed E-state index contributed by atoms with van der Waals surface area (Å²) in [7, 11) is 5.26. The zero-order valence-corrected chi connectivity index (χ0v) is 50.1. The number of hydrogen-bond donors (Lipinski definition) is 6. The number of nitrogens with zero attached hydrogens (tertiary/aromatic N) is 2. The maximum atomic E-state index is 14.5. The van der Waals surface area contributed by atoms with Gasteiger partial charge in [-0.1, -0.05) is 62.3 Å². The van der Waals surface area contributed by atoms with Crippen molar-refractivity contribution in [2.75, 3.05) is 40.8 Å². The number of ether oxygens (including phenoxy) is 6. The number of fused-ring (bicyclic) bond motifs is 5. The molecule has 6 N–H and O–H groups in total. The second-order valence-electron chi connectivity index (χ2n) is 23.3. The van der Waals surface area contributed by atoms with Gasteiger partial charge in [0.2, 0.25) is 5.91 Å². The number of benzene rings is 2. The Morgan fingerprint density at radius 3 is 2.36 bits per heavy atom. The van der Waals surface area contributed by atoms with E-state index in [0.717, 1.165) is 36.2 Å². The quantitative estimate of drug-likeness (QED) is 0.0426. The number of carbonyl (C=O) groups excluding carboxylic acids is 2. The highest BCUT2D eigenvalue weighted by molar-refractivity contribution is 7.99. The summed E-state index contributed by atoms with van der Waals surface area (Å²) >= 11 is 9.83. The molecule has 434 valence electrons. The maximum Gasteiger partial charge on any atom is 0.311 e. The van der Waals surface area contributed by atoms with Crippen LogP contribution in [-0.2, 0) is 38.0 Å². The van der Waals surface area contributed by atoms with E-state index < -0.39 is 102 Å². The third-order valence-corrected chi connectivity index (χ3v) is 19.4. The monoisotopic (exact) mass is 1140 g/mol. The Hall–Kier alpha value is -3.02. The molecule has 78 heavy (non-hydrogen) atoms. The van der Waals surface area contributed by atoms with Gasteiger partial charge in [-0.05, 0) is 143 Å². The molecule has 4 aliphatic heterocycles. The number of cyclic esters (lactones) is 1. The number of aliphatic hydroxyl groups is 5. The highest BCUT2D eigenvalue weighted by Gasteiger charge is 2.53. The molecule has 7 rings (SSSR count). The fourth-order valence-electron chi connectivity index (χ4n) is 12.1. The molecule has 1 amide bonds. The molecule has 0 spiro atoms. The molecule has 3 saturated heterocycles. The Bertz CT molecular complexity index is 2550. The van der Waals surface area contributed by atoms with E-state index in [1.54, 1.807) is 70.7 Å². The normalized spacial score (nSPS) is 37.4. The number of aliphatic hydroxyl groups excluding tert-OH is 3. The summed E-state index contributed by atoms with van der Waals surface area (Å²) in [6, 6.07) is 15.4. The maximum absolute atomic E-state index is 14.5. The lowest BCUT2D eigenvalue weighted by Gasteiger charge is -2.49. The molecule has 18 atom stereocenters. The van der Waals surface area contributed by atoms with Crippen molar-refractivity contribution in [3.8, 4) is 21.6 Å². The zero-order valence-electron chi connectivity index (χ0n) is 47.7. The number of hydrogen-bond acceptors (Lipinski definition) is 17. The topological polar surface area (TPSA) is 209 Å². The first kappa shape index (κ1) is 62.6. The highest BCUT2D eigenvalue weighted by Crippen LogP contribution is 2.52. The number of amides is 1. The lowest BCUT2D eigenvalue weighted by molar-refractivity contribution is -0.318. The predicted octanol–water partition coefficient (Wildman–Crippen LogP) is 8.00. The molecule has 0 radical (unpaired) electrons. The minimum absolute atomic E-state index is 0.0934. The van der Waals surface area contributed by atoms with E-state index in [1.807, 2.05) is 75.0 Å². The van der Waals surface area contributed by atoms with Gasteiger partial charge >= 0.3 is 5.97 Å². The molecule has 16 nitrogen and oxygen atoms in total. The summed E-state index contributed by atoms with van der Waals surface area (Å²) in [6.07, 6.45) is -5.24. The van der Waals surface area contributed by atoms with Crippen molar-refractivity contribution in [2.45, 2.75) is 201 Å². The predicted molar refractivity (Wildman–Crippen MR) is 304 cm³/mol. The standard InChI is InChI=1S/C59H86ClN3O13S2/c1-14-46-59(10,70)52(66)36(6)63(12)31-32(2)29-57(8,69)54(34(4)50(35(5)55(68)74-46)75-48-30-58(9,71-13)53(67)37(7)73-48)76-56-49(65)43(26-33(3)72-56)62(11)25-17-24-61-47(64)23-21-39-28-41-40-18-15-16-19-44(40)78-45-22-20-38(60)27-42(45)51(41)77-39/h15-16,18-23,27-28,32-37,43,46,48-50,52-54,56,65-67,69-70H,14,17,24-26,29-31H2,1-13H3,(H,61,64)/t32-,33-,34+,35-,36-,37+,43+,46-,48+,49-,50+,52-,53+,54-,56+,57-,58-,59-/m1/s1. The second-order valence-corrected chi connectivity index (χ2v) is 25.9. The highest BCUT2D eigenvalue weighted by atomic mass is 35.5. The van der Waals surface area contributed by atoms with Gasteiger partial charge in [0, 0.05) is 86.4 Å². The summed E-state index contributed by atoms with van der Waals surface area (Å²) < 4.78 is 38.4. The van der Waals surface area contributed by atoms with E-state index in [-0.39, 0.29) is 37.2 Å². The van der Waals surface area contributed by atoms with E-state index in [9.17, 15) is 35.1 Å². The number of halogens is 1. The fraction of sp³-hybridized carbons (Fsp3) is 0.661. The summed E-state index contributed by atoms with van der Waals surface area (Å²) in [6.45, 7) is 18.8. The molecule has 0 saturated carbocycles. The van der Waals surface area contributed by atoms with Gasteiger partial charge in [0.15, 0.2) is 12.6 Å². The smallest absolute Gasteiger partial charge is 0.311 e. The van der Waals surface area contributed by atoms with Gasteiger partial charge in [0.1, 0.15) is 30.0 Å². The fourth-order valence-corrected chi connectivity index (χ4v) is 14.6. The van der Waals surface area contributed by atoms with E-state index in [0.29, 0.717) is 37.5 Å². The van der Waals surface area contributed by atoms with Crippen LogP contribution < -0.4 is 5.32 Å². The molecule has 0 aliphatic carbocycles. The van der Waals surface area contributed by atoms with E-state index in [4.69, 9.17) is 40.0 Å². The van der Waals surface area contributed by atoms with Crippen molar-refractivity contribution in [3.63, 3.8) is 0 Å². The third-order valence-electron chi connectivity index (χ3n) is 16.8. The molecule has 3 aromatic rings. The van der Waals surface area contributed by atoms with Gasteiger partial charge in [-0.15, -0.1) is 11.3 Å². The Morgan fingerprint density at radius 2 is 1.65 bits per heavy atom. The number of rotatable bonds is 13. The van der Waals surface area contributed by atoms with Gasteiger partial charge in [-0.25, -0.2) is 0 Å². The molecule has 19 heteroatoms. The van der Waals surface area contributed by atoms with Crippen LogP contribution in [0, 0.1) is 17.8 Å². The van der Waals surface area contributed by atoms with Crippen molar-refractivity contribution in [1.29, 1.82) is 0 Å². The molecular formula is C59H86ClN3O13S2. The first-order valence-electron chi connectivity index (χ1n) is 27.6. The lowest BCUT2D eigenvalue weighted by Crippen LogP contribution is -2.61. The van der Waals surface area contributed by atoms with E-state index in [2.05, 4.69) is 29.6 Å². The Balaban J connectivity index is 1.08. The number of likely N-dealkylation sites (N-methyl/N-ethyl adjacent to an activating group) is 2. The van der Waals surface area contributed by atoms with Crippen molar-refractivity contribution in [3.05, 3.63) is 64.5 Å². The van der Waals surface area contributed by atoms with Crippen molar-refractivity contribution in [1.82, 2.24) is 15.1 Å². The first-order valence-corrected chi connectivity index (χ1v) is 29.6. The third kappa shape index (κ3) is 14.1. The zero-order chi connectivity index (χ0) is 57.2. The van der Waals surface area contributed by atoms with Crippen molar-refractivity contribution in [2.24, 2.45) is 17.8 Å². The van der Waals surface area contributed by atoms with Crippen LogP contribution in [0.15, 0.2) is 64.4 Å². The van der Waals surface area contributed by atoms with Gasteiger partial charge in [0.25, 0.3) is 0 Å². The Labute approximate surface area is 475 Å². The average Bonchev–Trinajstić information content (AvgIpc) is 3.78. The molecule has 5 heterocycles. The number of methoxy groups -OCH3 is 1. The van der Waals surface area contributed by atoms with Crippen LogP contribution in [0.25, 0.3) is 27.6 Å².